The number of benzene rings is 1. The second-order valence-corrected chi connectivity index (χ2v) is 9.16. The molecule has 2 amide bonds. The summed E-state index contributed by atoms with van der Waals surface area (Å²) in [6.45, 7) is 4.84. The van der Waals surface area contributed by atoms with Crippen LogP contribution < -0.4 is 10.6 Å². The van der Waals surface area contributed by atoms with E-state index >= 15 is 0 Å². The summed E-state index contributed by atoms with van der Waals surface area (Å²) in [6, 6.07) is 7.66. The monoisotopic (exact) mass is 540 g/mol. The maximum Gasteiger partial charge on any atom is 0.337 e. The van der Waals surface area contributed by atoms with Crippen LogP contribution >= 0.6 is 0 Å². The van der Waals surface area contributed by atoms with E-state index in [0.29, 0.717) is 5.56 Å². The summed E-state index contributed by atoms with van der Waals surface area (Å²) in [5, 5.41) is 25.2. The summed E-state index contributed by atoms with van der Waals surface area (Å²) in [6.07, 6.45) is -0.335. The van der Waals surface area contributed by atoms with Gasteiger partial charge in [0.15, 0.2) is 11.7 Å². The number of halogens is 1. The van der Waals surface area contributed by atoms with Crippen molar-refractivity contribution in [3.05, 3.63) is 76.4 Å². The molecule has 2 aromatic heterocycles. The van der Waals surface area contributed by atoms with Gasteiger partial charge in [-0.15, -0.1) is 0 Å². The molecule has 0 bridgehead atoms. The molecule has 1 aromatic carbocycles. The minimum atomic E-state index is -1.07. The van der Waals surface area contributed by atoms with Crippen LogP contribution in [-0.4, -0.2) is 56.9 Å². The number of ether oxygens (including phenoxy) is 1. The molecule has 0 aliphatic carbocycles. The zero-order valence-electron chi connectivity index (χ0n) is 21.7. The Bertz CT molecular complexity index is 1390. The molecular weight excluding hydrogens is 511 g/mol. The fourth-order valence-corrected chi connectivity index (χ4v) is 3.96. The number of nitrogens with zero attached hydrogens (tertiary/aromatic N) is 1. The second-order valence-electron chi connectivity index (χ2n) is 9.16. The van der Waals surface area contributed by atoms with E-state index in [0.717, 1.165) is 6.07 Å². The first-order chi connectivity index (χ1) is 18.4. The van der Waals surface area contributed by atoms with Crippen LogP contribution in [0, 0.1) is 18.8 Å². The highest BCUT2D eigenvalue weighted by Crippen LogP contribution is 2.30. The number of hydrogen-bond acceptors (Lipinski definition) is 8. The lowest BCUT2D eigenvalue weighted by Gasteiger charge is -2.24. The van der Waals surface area contributed by atoms with Gasteiger partial charge in [0.1, 0.15) is 5.69 Å². The van der Waals surface area contributed by atoms with Crippen LogP contribution in [-0.2, 0) is 9.53 Å². The number of amides is 2. The van der Waals surface area contributed by atoms with E-state index < -0.39 is 53.4 Å². The quantitative estimate of drug-likeness (QED) is 0.148. The number of H-pyrrole nitrogens is 1. The van der Waals surface area contributed by atoms with E-state index in [4.69, 9.17) is 4.74 Å². The fraction of sp³-hybridized carbons (Fsp3) is 0.296. The summed E-state index contributed by atoms with van der Waals surface area (Å²) in [4.78, 5) is 56.8. The predicted octanol–water partition coefficient (Wildman–Crippen LogP) is 2.94. The molecule has 1 unspecified atom stereocenters. The van der Waals surface area contributed by atoms with E-state index in [9.17, 15) is 33.8 Å². The fourth-order valence-electron chi connectivity index (χ4n) is 3.96. The zero-order valence-corrected chi connectivity index (χ0v) is 21.7. The number of rotatable bonds is 10. The second kappa shape index (κ2) is 12.2. The molecule has 206 valence electrons. The highest BCUT2D eigenvalue weighted by molar-refractivity contribution is 6.05. The van der Waals surface area contributed by atoms with Gasteiger partial charge in [0.05, 0.1) is 36.7 Å². The van der Waals surface area contributed by atoms with Gasteiger partial charge in [-0.2, -0.15) is 4.39 Å². The van der Waals surface area contributed by atoms with Crippen LogP contribution in [0.2, 0.25) is 0 Å². The Morgan fingerprint density at radius 2 is 1.69 bits per heavy atom. The number of aromatic nitrogens is 2. The van der Waals surface area contributed by atoms with Crippen molar-refractivity contribution >= 4 is 23.6 Å². The van der Waals surface area contributed by atoms with Gasteiger partial charge in [0.25, 0.3) is 5.91 Å². The molecule has 3 rings (SSSR count). The lowest BCUT2D eigenvalue weighted by Crippen LogP contribution is -2.45. The first-order valence-corrected chi connectivity index (χ1v) is 12.0. The Kier molecular flexibility index (Phi) is 9.02. The molecule has 0 saturated heterocycles. The molecule has 2 atom stereocenters. The zero-order chi connectivity index (χ0) is 28.9. The molecule has 2 heterocycles. The molecule has 0 radical (unpaired) electrons. The Morgan fingerprint density at radius 1 is 1.03 bits per heavy atom. The number of methoxy groups -OCH3 is 1. The van der Waals surface area contributed by atoms with Gasteiger partial charge in [-0.3, -0.25) is 19.4 Å². The number of aromatic hydroxyl groups is 2. The lowest BCUT2D eigenvalue weighted by molar-refractivity contribution is -0.122. The van der Waals surface area contributed by atoms with Gasteiger partial charge >= 0.3 is 5.97 Å². The molecule has 39 heavy (non-hydrogen) atoms. The summed E-state index contributed by atoms with van der Waals surface area (Å²) in [5.74, 6) is -4.69. The Morgan fingerprint density at radius 3 is 2.23 bits per heavy atom. The summed E-state index contributed by atoms with van der Waals surface area (Å²) >= 11 is 0. The third-order valence-corrected chi connectivity index (χ3v) is 6.09. The molecule has 0 aliphatic rings. The molecule has 0 saturated carbocycles. The Labute approximate surface area is 223 Å². The maximum absolute atomic E-state index is 13.6. The van der Waals surface area contributed by atoms with Crippen LogP contribution in [0.5, 0.6) is 11.8 Å². The third kappa shape index (κ3) is 6.78. The van der Waals surface area contributed by atoms with Gasteiger partial charge < -0.3 is 25.6 Å². The number of ketones is 1. The number of carbonyl (C=O) groups is 4. The SMILES string of the molecule is COC(=O)c1ccc(C(CC(=O)N[C@@H](C(=O)c2c(O)[nH]c(O)c2C)C(C)C)NC(=O)c2cccc(F)n2)cc1. The summed E-state index contributed by atoms with van der Waals surface area (Å²) in [5.41, 5.74) is 0.472. The lowest BCUT2D eigenvalue weighted by atomic mass is 9.93. The van der Waals surface area contributed by atoms with Crippen LogP contribution in [0.4, 0.5) is 4.39 Å². The molecular formula is C27H29FN4O7. The number of esters is 1. The van der Waals surface area contributed by atoms with E-state index in [1.54, 1.807) is 13.8 Å². The molecule has 0 aliphatic heterocycles. The molecule has 5 N–H and O–H groups in total. The Balaban J connectivity index is 1.86. The standard InChI is InChI=1S/C27H29FN4O7/c1-13(2)22(23(34)21-14(3)24(35)32-26(21)37)31-20(33)12-18(15-8-10-16(11-9-15)27(38)39-4)30-25(36)17-6-5-7-19(28)29-17/h5-11,13,18,22,32,35,37H,12H2,1-4H3,(H,30,36)(H,31,33)/t18?,22-/m1/s1. The van der Waals surface area contributed by atoms with E-state index in [1.807, 2.05) is 0 Å². The first-order valence-electron chi connectivity index (χ1n) is 12.0. The van der Waals surface area contributed by atoms with Crippen molar-refractivity contribution in [2.24, 2.45) is 5.92 Å². The van der Waals surface area contributed by atoms with Gasteiger partial charge in [-0.1, -0.05) is 32.0 Å². The van der Waals surface area contributed by atoms with Crippen molar-refractivity contribution in [1.82, 2.24) is 20.6 Å². The smallest absolute Gasteiger partial charge is 0.337 e. The largest absolute Gasteiger partial charge is 0.494 e. The average Bonchev–Trinajstić information content (AvgIpc) is 3.16. The number of hydrogen-bond donors (Lipinski definition) is 5. The van der Waals surface area contributed by atoms with Crippen molar-refractivity contribution < 1.29 is 38.5 Å². The van der Waals surface area contributed by atoms with Crippen LogP contribution in [0.1, 0.15) is 68.6 Å². The normalized spacial score (nSPS) is 12.5. The summed E-state index contributed by atoms with van der Waals surface area (Å²) in [7, 11) is 1.23. The van der Waals surface area contributed by atoms with Crippen molar-refractivity contribution in [3.8, 4) is 11.8 Å². The van der Waals surface area contributed by atoms with Crippen LogP contribution in [0.25, 0.3) is 0 Å². The van der Waals surface area contributed by atoms with Crippen LogP contribution in [0.3, 0.4) is 0 Å². The number of pyridine rings is 1. The number of carbonyl (C=O) groups excluding carboxylic acids is 4. The number of nitrogens with one attached hydrogen (secondary N) is 3. The molecule has 0 spiro atoms. The number of aromatic amines is 1. The molecule has 11 nitrogen and oxygen atoms in total. The van der Waals surface area contributed by atoms with E-state index in [-0.39, 0.29) is 34.7 Å². The predicted molar refractivity (Wildman–Crippen MR) is 137 cm³/mol. The van der Waals surface area contributed by atoms with Gasteiger partial charge in [-0.05, 0) is 42.7 Å². The molecule has 3 aromatic rings. The van der Waals surface area contributed by atoms with Crippen molar-refractivity contribution in [1.29, 1.82) is 0 Å². The summed E-state index contributed by atoms with van der Waals surface area (Å²) < 4.78 is 18.3. The van der Waals surface area contributed by atoms with Gasteiger partial charge in [0.2, 0.25) is 17.7 Å². The average molecular weight is 541 g/mol. The first kappa shape index (κ1) is 28.8. The third-order valence-electron chi connectivity index (χ3n) is 6.09. The number of Topliss-reactive ketones (excluding diaryl/α,β-unsaturated/α-hetero) is 1. The van der Waals surface area contributed by atoms with Crippen LogP contribution in [0.15, 0.2) is 42.5 Å². The Hall–Kier alpha value is -4.74. The van der Waals surface area contributed by atoms with Crippen molar-refractivity contribution in [2.75, 3.05) is 7.11 Å². The van der Waals surface area contributed by atoms with Crippen molar-refractivity contribution in [2.45, 2.75) is 39.3 Å². The highest BCUT2D eigenvalue weighted by Gasteiger charge is 2.31. The minimum Gasteiger partial charge on any atom is -0.494 e. The van der Waals surface area contributed by atoms with Gasteiger partial charge in [0, 0.05) is 5.56 Å². The van der Waals surface area contributed by atoms with E-state index in [1.165, 1.54) is 50.4 Å². The van der Waals surface area contributed by atoms with Gasteiger partial charge in [-0.25, -0.2) is 9.78 Å². The molecule has 0 fully saturated rings. The van der Waals surface area contributed by atoms with Crippen molar-refractivity contribution in [3.63, 3.8) is 0 Å². The highest BCUT2D eigenvalue weighted by atomic mass is 19.1. The minimum absolute atomic E-state index is 0.135. The van der Waals surface area contributed by atoms with E-state index in [2.05, 4.69) is 20.6 Å². The molecule has 12 heteroatoms. The maximum atomic E-state index is 13.6. The topological polar surface area (TPSA) is 171 Å².